The summed E-state index contributed by atoms with van der Waals surface area (Å²) in [6.45, 7) is 1.90. The van der Waals surface area contributed by atoms with Crippen molar-refractivity contribution in [1.82, 2.24) is 0 Å². The summed E-state index contributed by atoms with van der Waals surface area (Å²) in [4.78, 5) is 13.7. The molecular weight excluding hydrogens is 342 g/mol. The maximum Gasteiger partial charge on any atom is 0.231 e. The van der Waals surface area contributed by atoms with Gasteiger partial charge < -0.3 is 5.32 Å². The molecule has 2 aromatic rings. The molecule has 0 saturated carbocycles. The molecule has 1 unspecified atom stereocenters. The number of sulfone groups is 1. The van der Waals surface area contributed by atoms with Crippen LogP contribution in [0.25, 0.3) is 10.4 Å². The third-order valence-corrected chi connectivity index (χ3v) is 8.10. The fourth-order valence-electron chi connectivity index (χ4n) is 3.35. The minimum atomic E-state index is -3.10. The van der Waals surface area contributed by atoms with Crippen molar-refractivity contribution >= 4 is 32.8 Å². The zero-order chi connectivity index (χ0) is 16.9. The fraction of sp³-hybridized carbons (Fsp3) is 0.333. The Morgan fingerprint density at radius 2 is 1.92 bits per heavy atom. The van der Waals surface area contributed by atoms with Gasteiger partial charge in [-0.1, -0.05) is 12.5 Å². The molecule has 2 aliphatic rings. The van der Waals surface area contributed by atoms with E-state index in [0.717, 1.165) is 39.4 Å². The molecule has 1 radical (unpaired) electrons. The van der Waals surface area contributed by atoms with Crippen molar-refractivity contribution in [2.75, 3.05) is 11.1 Å². The van der Waals surface area contributed by atoms with E-state index in [1.807, 2.05) is 37.3 Å². The maximum atomic E-state index is 12.3. The summed E-state index contributed by atoms with van der Waals surface area (Å²) in [5, 5.41) is 3.47. The Hall–Kier alpha value is -1.66. The van der Waals surface area contributed by atoms with Crippen LogP contribution in [-0.4, -0.2) is 20.1 Å². The molecule has 24 heavy (non-hydrogen) atoms. The van der Waals surface area contributed by atoms with Gasteiger partial charge in [0.05, 0.1) is 11.7 Å². The van der Waals surface area contributed by atoms with E-state index in [9.17, 15) is 13.2 Å². The number of amides is 1. The van der Waals surface area contributed by atoms with Crippen LogP contribution in [-0.2, 0) is 14.6 Å². The molecule has 3 heterocycles. The molecular formula is C18H18NO3S2. The molecule has 0 spiro atoms. The summed E-state index contributed by atoms with van der Waals surface area (Å²) in [5.74, 6) is 0.144. The average molecular weight is 360 g/mol. The Morgan fingerprint density at radius 3 is 2.71 bits per heavy atom. The van der Waals surface area contributed by atoms with Gasteiger partial charge in [0.2, 0.25) is 5.91 Å². The van der Waals surface area contributed by atoms with Gasteiger partial charge in [0, 0.05) is 15.4 Å². The van der Waals surface area contributed by atoms with Crippen molar-refractivity contribution in [2.24, 2.45) is 0 Å². The Morgan fingerprint density at radius 1 is 1.12 bits per heavy atom. The molecule has 1 aromatic heterocycles. The normalized spacial score (nSPS) is 23.0. The molecule has 1 saturated heterocycles. The second kappa shape index (κ2) is 5.70. The van der Waals surface area contributed by atoms with Gasteiger partial charge in [-0.25, -0.2) is 8.42 Å². The lowest BCUT2D eigenvalue weighted by Crippen LogP contribution is -2.21. The molecule has 1 N–H and O–H groups in total. The average Bonchev–Trinajstić information content (AvgIpc) is 3.13. The fourth-order valence-corrected chi connectivity index (χ4v) is 6.48. The third kappa shape index (κ3) is 2.58. The van der Waals surface area contributed by atoms with Gasteiger partial charge in [-0.3, -0.25) is 4.79 Å². The number of thiophene rings is 1. The molecule has 4 rings (SSSR count). The summed E-state index contributed by atoms with van der Waals surface area (Å²) in [7, 11) is -3.10. The first-order valence-electron chi connectivity index (χ1n) is 8.10. The monoisotopic (exact) mass is 360 g/mol. The lowest BCUT2D eigenvalue weighted by Gasteiger charge is -2.19. The first-order valence-corrected chi connectivity index (χ1v) is 10.6. The van der Waals surface area contributed by atoms with Crippen LogP contribution in [0.1, 0.15) is 42.5 Å². The minimum absolute atomic E-state index is 0.0258. The number of anilines is 1. The van der Waals surface area contributed by atoms with E-state index in [1.54, 1.807) is 0 Å². The molecule has 2 aliphatic heterocycles. The van der Waals surface area contributed by atoms with E-state index in [0.29, 0.717) is 11.7 Å². The van der Waals surface area contributed by atoms with Gasteiger partial charge in [0.1, 0.15) is 5.25 Å². The highest BCUT2D eigenvalue weighted by Gasteiger charge is 2.32. The van der Waals surface area contributed by atoms with Crippen molar-refractivity contribution in [3.63, 3.8) is 0 Å². The van der Waals surface area contributed by atoms with Gasteiger partial charge in [-0.15, -0.1) is 11.3 Å². The highest BCUT2D eigenvalue weighted by molar-refractivity contribution is 7.94. The smallest absolute Gasteiger partial charge is 0.231 e. The zero-order valence-corrected chi connectivity index (χ0v) is 15.0. The first kappa shape index (κ1) is 15.8. The Bertz CT molecular complexity index is 914. The van der Waals surface area contributed by atoms with Gasteiger partial charge >= 0.3 is 0 Å². The predicted molar refractivity (Wildman–Crippen MR) is 96.8 cm³/mol. The number of hydrogen-bond acceptors (Lipinski definition) is 4. The van der Waals surface area contributed by atoms with Crippen LogP contribution in [0.15, 0.2) is 30.3 Å². The number of rotatable bonds is 2. The van der Waals surface area contributed by atoms with E-state index in [2.05, 4.69) is 5.32 Å². The van der Waals surface area contributed by atoms with Crippen molar-refractivity contribution in [3.8, 4) is 10.4 Å². The molecule has 1 aromatic carbocycles. The van der Waals surface area contributed by atoms with E-state index < -0.39 is 9.84 Å². The maximum absolute atomic E-state index is 12.3. The Labute approximate surface area is 145 Å². The Kier molecular flexibility index (Phi) is 3.77. The quantitative estimate of drug-likeness (QED) is 0.882. The summed E-state index contributed by atoms with van der Waals surface area (Å²) in [6, 6.07) is 9.84. The Balaban J connectivity index is 1.68. The van der Waals surface area contributed by atoms with Crippen LogP contribution < -0.4 is 5.32 Å². The van der Waals surface area contributed by atoms with E-state index in [1.165, 1.54) is 11.3 Å². The molecule has 125 valence electrons. The van der Waals surface area contributed by atoms with Gasteiger partial charge in [-0.2, -0.15) is 0 Å². The molecule has 4 nitrogen and oxygen atoms in total. The second-order valence-corrected chi connectivity index (χ2v) is 9.59. The molecule has 0 bridgehead atoms. The number of carbonyl (C=O) groups is 1. The highest BCUT2D eigenvalue weighted by Crippen LogP contribution is 2.41. The summed E-state index contributed by atoms with van der Waals surface area (Å²) >= 11 is 1.52. The van der Waals surface area contributed by atoms with Crippen LogP contribution in [0.4, 0.5) is 5.69 Å². The van der Waals surface area contributed by atoms with Crippen LogP contribution in [0.5, 0.6) is 0 Å². The van der Waals surface area contributed by atoms with Crippen LogP contribution in [0.3, 0.4) is 0 Å². The summed E-state index contributed by atoms with van der Waals surface area (Å²) < 4.78 is 24.6. The minimum Gasteiger partial charge on any atom is -0.325 e. The molecule has 1 amide bonds. The van der Waals surface area contributed by atoms with Gasteiger partial charge in [-0.05, 0) is 55.2 Å². The first-order chi connectivity index (χ1) is 11.5. The predicted octanol–water partition coefficient (Wildman–Crippen LogP) is 3.95. The highest BCUT2D eigenvalue weighted by atomic mass is 32.2. The number of benzene rings is 1. The molecule has 1 fully saturated rings. The SMILES string of the molecule is CC1C(=O)Nc2ccc(-c3ccc([C]4CCCCS4(=O)=O)s3)cc21. The number of carbonyl (C=O) groups excluding carboxylic acids is 1. The van der Waals surface area contributed by atoms with Crippen LogP contribution >= 0.6 is 11.3 Å². The van der Waals surface area contributed by atoms with Crippen molar-refractivity contribution in [3.05, 3.63) is 46.0 Å². The number of fused-ring (bicyclic) bond motifs is 1. The number of hydrogen-bond donors (Lipinski definition) is 1. The second-order valence-electron chi connectivity index (χ2n) is 6.38. The number of nitrogens with one attached hydrogen (secondary N) is 1. The summed E-state index contributed by atoms with van der Waals surface area (Å²) in [6.07, 6.45) is 2.33. The van der Waals surface area contributed by atoms with Crippen LogP contribution in [0, 0.1) is 5.25 Å². The van der Waals surface area contributed by atoms with Crippen molar-refractivity contribution in [1.29, 1.82) is 0 Å². The van der Waals surface area contributed by atoms with E-state index in [-0.39, 0.29) is 17.6 Å². The van der Waals surface area contributed by atoms with E-state index >= 15 is 0 Å². The molecule has 1 atom stereocenters. The lowest BCUT2D eigenvalue weighted by atomic mass is 10.00. The van der Waals surface area contributed by atoms with Crippen molar-refractivity contribution < 1.29 is 13.2 Å². The van der Waals surface area contributed by atoms with Gasteiger partial charge in [0.15, 0.2) is 9.84 Å². The standard InChI is InChI=1S/C18H18NO3S2/c1-11-13-10-12(5-6-14(13)19-18(11)20)15-7-8-16(23-15)17-4-2-3-9-24(17,21)22/h5-8,10-11H,2-4,9H2,1H3,(H,19,20). The molecule has 6 heteroatoms. The van der Waals surface area contributed by atoms with Gasteiger partial charge in [0.25, 0.3) is 0 Å². The lowest BCUT2D eigenvalue weighted by molar-refractivity contribution is -0.116. The topological polar surface area (TPSA) is 63.2 Å². The van der Waals surface area contributed by atoms with Crippen molar-refractivity contribution in [2.45, 2.75) is 32.1 Å². The molecule has 0 aliphatic carbocycles. The van der Waals surface area contributed by atoms with E-state index in [4.69, 9.17) is 0 Å². The summed E-state index contributed by atoms with van der Waals surface area (Å²) in [5.41, 5.74) is 2.91. The third-order valence-electron chi connectivity index (χ3n) is 4.78. The van der Waals surface area contributed by atoms with Crippen LogP contribution in [0.2, 0.25) is 0 Å². The zero-order valence-electron chi connectivity index (χ0n) is 13.3. The largest absolute Gasteiger partial charge is 0.325 e.